The van der Waals surface area contributed by atoms with Crippen LogP contribution in [0.2, 0.25) is 0 Å². The van der Waals surface area contributed by atoms with Crippen molar-refractivity contribution in [2.24, 2.45) is 0 Å². The van der Waals surface area contributed by atoms with E-state index in [0.29, 0.717) is 30.2 Å². The third-order valence-corrected chi connectivity index (χ3v) is 5.29. The van der Waals surface area contributed by atoms with Gasteiger partial charge in [0.15, 0.2) is 5.82 Å². The molecule has 146 valence electrons. The van der Waals surface area contributed by atoms with E-state index >= 15 is 0 Å². The van der Waals surface area contributed by atoms with E-state index in [2.05, 4.69) is 10.1 Å². The van der Waals surface area contributed by atoms with Crippen molar-refractivity contribution in [1.82, 2.24) is 19.6 Å². The molecule has 0 spiro atoms. The molecule has 0 N–H and O–H groups in total. The van der Waals surface area contributed by atoms with Crippen molar-refractivity contribution < 1.29 is 9.32 Å². The molecule has 7 nitrogen and oxygen atoms in total. The number of nitrogens with zero attached hydrogens (tertiary/aromatic N) is 4. The minimum Gasteiger partial charge on any atom is -0.340 e. The molecule has 4 rings (SSSR count). The lowest BCUT2D eigenvalue weighted by Gasteiger charge is -2.31. The van der Waals surface area contributed by atoms with Crippen molar-refractivity contribution in [3.63, 3.8) is 0 Å². The summed E-state index contributed by atoms with van der Waals surface area (Å²) in [5.41, 5.74) is -0.140. The monoisotopic (exact) mass is 380 g/mol. The first-order chi connectivity index (χ1) is 13.5. The molecule has 2 aromatic heterocycles. The van der Waals surface area contributed by atoms with Crippen LogP contribution in [0.1, 0.15) is 50.2 Å². The molecule has 1 aliphatic heterocycles. The van der Waals surface area contributed by atoms with E-state index in [1.807, 2.05) is 38.1 Å². The number of rotatable bonds is 4. The van der Waals surface area contributed by atoms with E-state index in [-0.39, 0.29) is 29.8 Å². The van der Waals surface area contributed by atoms with Crippen LogP contribution in [0.15, 0.2) is 45.8 Å². The second kappa shape index (κ2) is 7.58. The molecule has 1 aromatic carbocycles. The van der Waals surface area contributed by atoms with Crippen molar-refractivity contribution in [2.45, 2.75) is 45.1 Å². The number of aromatic nitrogens is 3. The first kappa shape index (κ1) is 18.4. The zero-order valence-corrected chi connectivity index (χ0v) is 16.2. The summed E-state index contributed by atoms with van der Waals surface area (Å²) >= 11 is 0. The Morgan fingerprint density at radius 2 is 2.11 bits per heavy atom. The summed E-state index contributed by atoms with van der Waals surface area (Å²) in [5.74, 6) is 1.49. The fourth-order valence-corrected chi connectivity index (χ4v) is 3.65. The van der Waals surface area contributed by atoms with Crippen LogP contribution in [0.3, 0.4) is 0 Å². The molecule has 0 saturated carbocycles. The topological polar surface area (TPSA) is 81.2 Å². The average Bonchev–Trinajstić information content (AvgIpc) is 3.21. The molecule has 1 saturated heterocycles. The Kier molecular flexibility index (Phi) is 4.98. The van der Waals surface area contributed by atoms with Gasteiger partial charge in [0.25, 0.3) is 5.56 Å². The number of carbonyl (C=O) groups excluding carboxylic acids is 1. The number of pyridine rings is 1. The van der Waals surface area contributed by atoms with E-state index in [1.165, 1.54) is 4.57 Å². The molecular weight excluding hydrogens is 356 g/mol. The van der Waals surface area contributed by atoms with Gasteiger partial charge in [0.2, 0.25) is 11.8 Å². The second-order valence-corrected chi connectivity index (χ2v) is 7.66. The maximum Gasteiger partial charge on any atom is 0.258 e. The van der Waals surface area contributed by atoms with Gasteiger partial charge in [-0.2, -0.15) is 4.98 Å². The van der Waals surface area contributed by atoms with Gasteiger partial charge in [-0.25, -0.2) is 0 Å². The number of benzene rings is 1. The quantitative estimate of drug-likeness (QED) is 0.695. The summed E-state index contributed by atoms with van der Waals surface area (Å²) in [6.45, 7) is 5.31. The lowest BCUT2D eigenvalue weighted by atomic mass is 9.98. The van der Waals surface area contributed by atoms with Gasteiger partial charge >= 0.3 is 0 Å². The first-order valence-electron chi connectivity index (χ1n) is 9.72. The van der Waals surface area contributed by atoms with Gasteiger partial charge in [-0.3, -0.25) is 9.59 Å². The molecule has 0 radical (unpaired) electrons. The second-order valence-electron chi connectivity index (χ2n) is 7.66. The zero-order chi connectivity index (χ0) is 19.7. The van der Waals surface area contributed by atoms with E-state index in [4.69, 9.17) is 4.52 Å². The summed E-state index contributed by atoms with van der Waals surface area (Å²) in [6.07, 6.45) is 3.48. The van der Waals surface area contributed by atoms with Crippen molar-refractivity contribution in [1.29, 1.82) is 0 Å². The van der Waals surface area contributed by atoms with Crippen molar-refractivity contribution in [2.75, 3.05) is 13.1 Å². The van der Waals surface area contributed by atoms with Gasteiger partial charge in [0.05, 0.1) is 5.92 Å². The maximum atomic E-state index is 12.8. The molecular formula is C21H24N4O3. The largest absolute Gasteiger partial charge is 0.340 e. The van der Waals surface area contributed by atoms with Crippen LogP contribution in [0, 0.1) is 0 Å². The molecule has 1 atom stereocenters. The third kappa shape index (κ3) is 3.56. The van der Waals surface area contributed by atoms with Crippen LogP contribution in [-0.4, -0.2) is 38.6 Å². The van der Waals surface area contributed by atoms with Crippen LogP contribution in [-0.2, 0) is 11.3 Å². The highest BCUT2D eigenvalue weighted by Gasteiger charge is 2.29. The van der Waals surface area contributed by atoms with E-state index in [0.717, 1.165) is 18.2 Å². The Labute approximate surface area is 163 Å². The molecule has 1 aliphatic rings. The molecule has 1 fully saturated rings. The number of fused-ring (bicyclic) bond motifs is 1. The summed E-state index contributed by atoms with van der Waals surface area (Å²) < 4.78 is 6.91. The van der Waals surface area contributed by atoms with Crippen LogP contribution < -0.4 is 5.56 Å². The van der Waals surface area contributed by atoms with E-state index in [1.54, 1.807) is 17.2 Å². The van der Waals surface area contributed by atoms with Crippen LogP contribution in [0.4, 0.5) is 0 Å². The van der Waals surface area contributed by atoms with E-state index < -0.39 is 0 Å². The smallest absolute Gasteiger partial charge is 0.258 e. The van der Waals surface area contributed by atoms with Gasteiger partial charge in [-0.05, 0) is 30.4 Å². The minimum absolute atomic E-state index is 0.0392. The van der Waals surface area contributed by atoms with Crippen molar-refractivity contribution in [3.8, 4) is 0 Å². The SMILES string of the molecule is CC(C)c1noc(C2CCCN(C(=O)Cn3ccc4ccccc4c3=O)C2)n1. The molecule has 1 amide bonds. The van der Waals surface area contributed by atoms with Crippen LogP contribution in [0.25, 0.3) is 10.8 Å². The number of amides is 1. The summed E-state index contributed by atoms with van der Waals surface area (Å²) in [4.78, 5) is 31.8. The van der Waals surface area contributed by atoms with Gasteiger partial charge in [0, 0.05) is 30.6 Å². The summed E-state index contributed by atoms with van der Waals surface area (Å²) in [7, 11) is 0. The number of carbonyl (C=O) groups is 1. The average molecular weight is 380 g/mol. The molecule has 3 aromatic rings. The lowest BCUT2D eigenvalue weighted by Crippen LogP contribution is -2.42. The predicted molar refractivity (Wildman–Crippen MR) is 105 cm³/mol. The fourth-order valence-electron chi connectivity index (χ4n) is 3.65. The lowest BCUT2D eigenvalue weighted by molar-refractivity contribution is -0.133. The molecule has 0 bridgehead atoms. The summed E-state index contributed by atoms with van der Waals surface area (Å²) in [6, 6.07) is 9.29. The minimum atomic E-state index is -0.140. The molecule has 1 unspecified atom stereocenters. The van der Waals surface area contributed by atoms with Crippen molar-refractivity contribution >= 4 is 16.7 Å². The Balaban J connectivity index is 1.49. The first-order valence-corrected chi connectivity index (χ1v) is 9.72. The molecule has 7 heteroatoms. The highest BCUT2D eigenvalue weighted by molar-refractivity contribution is 5.82. The van der Waals surface area contributed by atoms with Gasteiger partial charge in [-0.1, -0.05) is 37.2 Å². The molecule has 0 aliphatic carbocycles. The maximum absolute atomic E-state index is 12.8. The Bertz CT molecular complexity index is 1050. The molecule has 28 heavy (non-hydrogen) atoms. The third-order valence-electron chi connectivity index (χ3n) is 5.29. The van der Waals surface area contributed by atoms with Gasteiger partial charge in [-0.15, -0.1) is 0 Å². The number of hydrogen-bond acceptors (Lipinski definition) is 5. The van der Waals surface area contributed by atoms with Crippen molar-refractivity contribution in [3.05, 3.63) is 58.6 Å². The highest BCUT2D eigenvalue weighted by Crippen LogP contribution is 2.27. The Morgan fingerprint density at radius 1 is 1.29 bits per heavy atom. The molecule has 3 heterocycles. The number of hydrogen-bond donors (Lipinski definition) is 0. The fraction of sp³-hybridized carbons (Fsp3) is 0.429. The number of likely N-dealkylation sites (tertiary alicyclic amines) is 1. The van der Waals surface area contributed by atoms with Crippen LogP contribution in [0.5, 0.6) is 0 Å². The predicted octanol–water partition coefficient (Wildman–Crippen LogP) is 2.91. The normalized spacial score (nSPS) is 17.4. The zero-order valence-electron chi connectivity index (χ0n) is 16.2. The summed E-state index contributed by atoms with van der Waals surface area (Å²) in [5, 5.41) is 5.54. The van der Waals surface area contributed by atoms with Gasteiger partial charge < -0.3 is 14.0 Å². The highest BCUT2D eigenvalue weighted by atomic mass is 16.5. The van der Waals surface area contributed by atoms with Gasteiger partial charge in [0.1, 0.15) is 6.54 Å². The van der Waals surface area contributed by atoms with E-state index in [9.17, 15) is 9.59 Å². The Morgan fingerprint density at radius 3 is 2.89 bits per heavy atom. The Hall–Kier alpha value is -2.96. The number of piperidine rings is 1. The van der Waals surface area contributed by atoms with Crippen LogP contribution >= 0.6 is 0 Å². The standard InChI is InChI=1S/C21H24N4O3/c1-14(2)19-22-20(28-23-19)16-7-5-10-24(12-16)18(26)13-25-11-9-15-6-3-4-8-17(15)21(25)27/h3-4,6,8-9,11,14,16H,5,7,10,12-13H2,1-2H3.